The van der Waals surface area contributed by atoms with Crippen LogP contribution in [-0.4, -0.2) is 28.1 Å². The first kappa shape index (κ1) is 14.8. The smallest absolute Gasteiger partial charge is 0.330 e. The van der Waals surface area contributed by atoms with Crippen LogP contribution in [0.5, 0.6) is 17.8 Å². The molecule has 0 aliphatic carbocycles. The molecule has 1 aromatic heterocycles. The number of rotatable bonds is 5. The quantitative estimate of drug-likeness (QED) is 0.797. The van der Waals surface area contributed by atoms with Crippen LogP contribution in [0.4, 0.5) is 5.95 Å². The van der Waals surface area contributed by atoms with Gasteiger partial charge in [-0.15, -0.1) is 4.98 Å². The van der Waals surface area contributed by atoms with Crippen molar-refractivity contribution in [1.82, 2.24) is 15.0 Å². The number of benzene rings is 1. The van der Waals surface area contributed by atoms with Gasteiger partial charge in [-0.05, 0) is 60.7 Å². The molecule has 0 bridgehead atoms. The lowest BCUT2D eigenvalue weighted by Gasteiger charge is -2.10. The van der Waals surface area contributed by atoms with Crippen LogP contribution in [0.1, 0.15) is 13.8 Å². The third-order valence-corrected chi connectivity index (χ3v) is 2.90. The molecule has 0 aliphatic heterocycles. The highest BCUT2D eigenvalue weighted by Crippen LogP contribution is 2.21. The van der Waals surface area contributed by atoms with Gasteiger partial charge in [0.1, 0.15) is 5.75 Å². The zero-order chi connectivity index (χ0) is 14.5. The standard InChI is InChI=1S/C13H15IN4O2/c1-8(2)19-12-16-11(15-3)17-13(18-12)20-10-6-4-9(14)5-7-10/h4-8H,1-3H3,(H,15,16,17,18). The molecule has 1 N–H and O–H groups in total. The Kier molecular flexibility index (Phi) is 4.94. The Labute approximate surface area is 131 Å². The van der Waals surface area contributed by atoms with E-state index in [1.165, 1.54) is 0 Å². The zero-order valence-corrected chi connectivity index (χ0v) is 13.6. The summed E-state index contributed by atoms with van der Waals surface area (Å²) in [4.78, 5) is 12.4. The van der Waals surface area contributed by atoms with Gasteiger partial charge in [-0.3, -0.25) is 0 Å². The fourth-order valence-corrected chi connectivity index (χ4v) is 1.73. The average molecular weight is 386 g/mol. The summed E-state index contributed by atoms with van der Waals surface area (Å²) in [5, 5.41) is 2.85. The maximum atomic E-state index is 5.61. The van der Waals surface area contributed by atoms with E-state index in [0.29, 0.717) is 11.7 Å². The maximum absolute atomic E-state index is 5.61. The number of hydrogen-bond donors (Lipinski definition) is 1. The van der Waals surface area contributed by atoms with Gasteiger partial charge in [-0.1, -0.05) is 0 Å². The van der Waals surface area contributed by atoms with Crippen molar-refractivity contribution in [2.75, 3.05) is 12.4 Å². The van der Waals surface area contributed by atoms with E-state index < -0.39 is 0 Å². The van der Waals surface area contributed by atoms with Crippen LogP contribution in [-0.2, 0) is 0 Å². The summed E-state index contributed by atoms with van der Waals surface area (Å²) < 4.78 is 12.2. The minimum Gasteiger partial charge on any atom is -0.461 e. The van der Waals surface area contributed by atoms with Crippen molar-refractivity contribution in [1.29, 1.82) is 0 Å². The largest absolute Gasteiger partial charge is 0.461 e. The molecule has 0 fully saturated rings. The van der Waals surface area contributed by atoms with Crippen molar-refractivity contribution in [3.8, 4) is 17.8 Å². The molecule has 1 aromatic carbocycles. The predicted molar refractivity (Wildman–Crippen MR) is 84.4 cm³/mol. The molecule has 0 spiro atoms. The second-order valence-corrected chi connectivity index (χ2v) is 5.44. The predicted octanol–water partition coefficient (Wildman–Crippen LogP) is 3.10. The van der Waals surface area contributed by atoms with Crippen molar-refractivity contribution in [3.05, 3.63) is 27.8 Å². The Morgan fingerprint density at radius 1 is 1.05 bits per heavy atom. The first-order chi connectivity index (χ1) is 9.56. The van der Waals surface area contributed by atoms with E-state index in [1.54, 1.807) is 7.05 Å². The lowest BCUT2D eigenvalue weighted by atomic mass is 10.3. The number of nitrogens with one attached hydrogen (secondary N) is 1. The summed E-state index contributed by atoms with van der Waals surface area (Å²) in [5.74, 6) is 1.06. The molecule has 0 atom stereocenters. The van der Waals surface area contributed by atoms with Gasteiger partial charge < -0.3 is 14.8 Å². The highest BCUT2D eigenvalue weighted by atomic mass is 127. The van der Waals surface area contributed by atoms with E-state index in [-0.39, 0.29) is 18.1 Å². The van der Waals surface area contributed by atoms with Crippen LogP contribution in [0, 0.1) is 3.57 Å². The zero-order valence-electron chi connectivity index (χ0n) is 11.4. The van der Waals surface area contributed by atoms with Crippen LogP contribution in [0.15, 0.2) is 24.3 Å². The molecular weight excluding hydrogens is 371 g/mol. The maximum Gasteiger partial charge on any atom is 0.330 e. The number of ether oxygens (including phenoxy) is 2. The Bertz CT molecular complexity index is 575. The lowest BCUT2D eigenvalue weighted by Crippen LogP contribution is -2.11. The molecule has 20 heavy (non-hydrogen) atoms. The minimum absolute atomic E-state index is 0.0201. The molecule has 0 saturated carbocycles. The average Bonchev–Trinajstić information content (AvgIpc) is 2.40. The van der Waals surface area contributed by atoms with E-state index >= 15 is 0 Å². The Morgan fingerprint density at radius 3 is 2.30 bits per heavy atom. The number of anilines is 1. The Morgan fingerprint density at radius 2 is 1.70 bits per heavy atom. The number of hydrogen-bond acceptors (Lipinski definition) is 6. The van der Waals surface area contributed by atoms with Gasteiger partial charge in [0, 0.05) is 10.6 Å². The third kappa shape index (κ3) is 4.19. The van der Waals surface area contributed by atoms with Crippen molar-refractivity contribution < 1.29 is 9.47 Å². The normalized spacial score (nSPS) is 10.4. The van der Waals surface area contributed by atoms with Gasteiger partial charge in [-0.2, -0.15) is 9.97 Å². The molecule has 0 radical (unpaired) electrons. The Hall–Kier alpha value is -1.64. The van der Waals surface area contributed by atoms with E-state index in [0.717, 1.165) is 3.57 Å². The van der Waals surface area contributed by atoms with Gasteiger partial charge in [-0.25, -0.2) is 0 Å². The highest BCUT2D eigenvalue weighted by Gasteiger charge is 2.10. The first-order valence-corrected chi connectivity index (χ1v) is 7.18. The van der Waals surface area contributed by atoms with Crippen molar-refractivity contribution >= 4 is 28.5 Å². The molecule has 106 valence electrons. The van der Waals surface area contributed by atoms with E-state index in [9.17, 15) is 0 Å². The Balaban J connectivity index is 2.23. The third-order valence-electron chi connectivity index (χ3n) is 2.18. The van der Waals surface area contributed by atoms with Crippen LogP contribution >= 0.6 is 22.6 Å². The summed E-state index contributed by atoms with van der Waals surface area (Å²) in [6.07, 6.45) is -0.0201. The molecule has 2 aromatic rings. The van der Waals surface area contributed by atoms with Crippen molar-refractivity contribution in [2.45, 2.75) is 20.0 Å². The molecule has 7 heteroatoms. The number of halogens is 1. The molecular formula is C13H15IN4O2. The van der Waals surface area contributed by atoms with E-state index in [1.807, 2.05) is 38.1 Å². The van der Waals surface area contributed by atoms with Gasteiger partial charge in [0.05, 0.1) is 6.10 Å². The summed E-state index contributed by atoms with van der Waals surface area (Å²) in [5.41, 5.74) is 0. The van der Waals surface area contributed by atoms with E-state index in [2.05, 4.69) is 42.9 Å². The van der Waals surface area contributed by atoms with Gasteiger partial charge in [0.2, 0.25) is 5.95 Å². The molecule has 0 saturated heterocycles. The first-order valence-electron chi connectivity index (χ1n) is 6.10. The fraction of sp³-hybridized carbons (Fsp3) is 0.308. The summed E-state index contributed by atoms with van der Waals surface area (Å²) >= 11 is 2.23. The van der Waals surface area contributed by atoms with Gasteiger partial charge >= 0.3 is 12.0 Å². The SMILES string of the molecule is CNc1nc(Oc2ccc(I)cc2)nc(OC(C)C)n1. The van der Waals surface area contributed by atoms with Crippen LogP contribution in [0.3, 0.4) is 0 Å². The second-order valence-electron chi connectivity index (χ2n) is 4.20. The van der Waals surface area contributed by atoms with E-state index in [4.69, 9.17) is 9.47 Å². The fourth-order valence-electron chi connectivity index (χ4n) is 1.37. The van der Waals surface area contributed by atoms with Gasteiger partial charge in [0.25, 0.3) is 0 Å². The molecule has 6 nitrogen and oxygen atoms in total. The number of aromatic nitrogens is 3. The summed E-state index contributed by atoms with van der Waals surface area (Å²) in [6, 6.07) is 8.03. The molecule has 2 rings (SSSR count). The molecule has 1 heterocycles. The highest BCUT2D eigenvalue weighted by molar-refractivity contribution is 14.1. The summed E-state index contributed by atoms with van der Waals surface area (Å²) in [6.45, 7) is 3.81. The van der Waals surface area contributed by atoms with Gasteiger partial charge in [0.15, 0.2) is 0 Å². The number of nitrogens with zero attached hydrogens (tertiary/aromatic N) is 3. The topological polar surface area (TPSA) is 69.2 Å². The van der Waals surface area contributed by atoms with Crippen molar-refractivity contribution in [2.24, 2.45) is 0 Å². The van der Waals surface area contributed by atoms with Crippen LogP contribution in [0.2, 0.25) is 0 Å². The molecule has 0 unspecified atom stereocenters. The summed E-state index contributed by atoms with van der Waals surface area (Å²) in [7, 11) is 1.73. The molecule has 0 amide bonds. The lowest BCUT2D eigenvalue weighted by molar-refractivity contribution is 0.218. The van der Waals surface area contributed by atoms with Crippen LogP contribution < -0.4 is 14.8 Å². The monoisotopic (exact) mass is 386 g/mol. The van der Waals surface area contributed by atoms with Crippen LogP contribution in [0.25, 0.3) is 0 Å². The second kappa shape index (κ2) is 6.69. The minimum atomic E-state index is -0.0201. The van der Waals surface area contributed by atoms with Crippen molar-refractivity contribution in [3.63, 3.8) is 0 Å². The molecule has 0 aliphatic rings.